The van der Waals surface area contributed by atoms with Crippen molar-refractivity contribution in [2.24, 2.45) is 4.99 Å². The van der Waals surface area contributed by atoms with Gasteiger partial charge in [-0.05, 0) is 26.2 Å². The van der Waals surface area contributed by atoms with Crippen LogP contribution in [0.2, 0.25) is 0 Å². The molecule has 0 spiro atoms. The van der Waals surface area contributed by atoms with Gasteiger partial charge in [0.1, 0.15) is 0 Å². The van der Waals surface area contributed by atoms with Crippen molar-refractivity contribution in [3.05, 3.63) is 0 Å². The van der Waals surface area contributed by atoms with E-state index < -0.39 is 0 Å². The van der Waals surface area contributed by atoms with Gasteiger partial charge in [-0.15, -0.1) is 0 Å². The van der Waals surface area contributed by atoms with Crippen LogP contribution < -0.4 is 10.6 Å². The molecule has 2 fully saturated rings. The fourth-order valence-corrected chi connectivity index (χ4v) is 3.06. The van der Waals surface area contributed by atoms with E-state index in [2.05, 4.69) is 27.4 Å². The lowest BCUT2D eigenvalue weighted by molar-refractivity contribution is 0.242. The molecule has 4 nitrogen and oxygen atoms in total. The fourth-order valence-electron chi connectivity index (χ4n) is 3.06. The highest BCUT2D eigenvalue weighted by Gasteiger charge is 2.30. The van der Waals surface area contributed by atoms with E-state index in [-0.39, 0.29) is 0 Å². The first kappa shape index (κ1) is 12.7. The molecule has 1 saturated heterocycles. The maximum Gasteiger partial charge on any atom is 0.191 e. The minimum Gasteiger partial charge on any atom is -0.357 e. The molecule has 2 aliphatic rings. The Bertz CT molecular complexity index is 258. The van der Waals surface area contributed by atoms with E-state index >= 15 is 0 Å². The summed E-state index contributed by atoms with van der Waals surface area (Å²) >= 11 is 0. The Morgan fingerprint density at radius 3 is 2.71 bits per heavy atom. The van der Waals surface area contributed by atoms with Crippen LogP contribution in [0.5, 0.6) is 0 Å². The lowest BCUT2D eigenvalue weighted by atomic mass is 10.2. The number of guanidine groups is 1. The molecule has 0 aromatic heterocycles. The van der Waals surface area contributed by atoms with Gasteiger partial charge in [0.25, 0.3) is 0 Å². The van der Waals surface area contributed by atoms with Crippen molar-refractivity contribution in [3.8, 4) is 0 Å². The summed E-state index contributed by atoms with van der Waals surface area (Å²) in [5.41, 5.74) is 0. The van der Waals surface area contributed by atoms with E-state index in [4.69, 9.17) is 0 Å². The minimum atomic E-state index is 0.577. The Hall–Kier alpha value is -0.770. The van der Waals surface area contributed by atoms with E-state index in [0.29, 0.717) is 6.04 Å². The van der Waals surface area contributed by atoms with E-state index in [9.17, 15) is 0 Å². The lowest BCUT2D eigenvalue weighted by Crippen LogP contribution is -2.45. The molecule has 1 saturated carbocycles. The van der Waals surface area contributed by atoms with Crippen molar-refractivity contribution in [2.75, 3.05) is 26.7 Å². The van der Waals surface area contributed by atoms with Gasteiger partial charge in [-0.3, -0.25) is 9.89 Å². The Morgan fingerprint density at radius 1 is 1.29 bits per heavy atom. The summed E-state index contributed by atoms with van der Waals surface area (Å²) in [5.74, 6) is 0.950. The fraction of sp³-hybridized carbons (Fsp3) is 0.923. The van der Waals surface area contributed by atoms with Crippen LogP contribution in [0.25, 0.3) is 0 Å². The molecule has 1 atom stereocenters. The number of nitrogens with one attached hydrogen (secondary N) is 2. The van der Waals surface area contributed by atoms with E-state index in [1.54, 1.807) is 0 Å². The molecule has 1 aliphatic heterocycles. The zero-order valence-corrected chi connectivity index (χ0v) is 11.2. The maximum atomic E-state index is 4.24. The van der Waals surface area contributed by atoms with Gasteiger partial charge in [-0.2, -0.15) is 0 Å². The van der Waals surface area contributed by atoms with Gasteiger partial charge in [0.15, 0.2) is 5.96 Å². The Kier molecular flexibility index (Phi) is 4.66. The molecule has 17 heavy (non-hydrogen) atoms. The largest absolute Gasteiger partial charge is 0.357 e. The number of hydrogen-bond donors (Lipinski definition) is 2. The molecule has 1 unspecified atom stereocenters. The third-order valence-electron chi connectivity index (χ3n) is 3.97. The first-order chi connectivity index (χ1) is 8.33. The molecule has 0 bridgehead atoms. The molecule has 2 N–H and O–H groups in total. The molecule has 2 rings (SSSR count). The van der Waals surface area contributed by atoms with Crippen molar-refractivity contribution in [3.63, 3.8) is 0 Å². The maximum absolute atomic E-state index is 4.24. The topological polar surface area (TPSA) is 39.7 Å². The molecule has 1 heterocycles. The number of likely N-dealkylation sites (tertiary alicyclic amines) is 1. The van der Waals surface area contributed by atoms with E-state index in [1.807, 2.05) is 7.05 Å². The first-order valence-corrected chi connectivity index (χ1v) is 7.04. The Balaban J connectivity index is 1.77. The van der Waals surface area contributed by atoms with E-state index in [1.165, 1.54) is 45.2 Å². The monoisotopic (exact) mass is 238 g/mol. The van der Waals surface area contributed by atoms with Crippen LogP contribution >= 0.6 is 0 Å². The molecule has 1 aliphatic carbocycles. The first-order valence-electron chi connectivity index (χ1n) is 7.04. The van der Waals surface area contributed by atoms with Gasteiger partial charge in [-0.25, -0.2) is 0 Å². The third kappa shape index (κ3) is 3.35. The third-order valence-corrected chi connectivity index (χ3v) is 3.97. The highest BCUT2D eigenvalue weighted by atomic mass is 15.3. The predicted molar refractivity (Wildman–Crippen MR) is 72.4 cm³/mol. The standard InChI is InChI=1S/C13H26N4/c1-3-15-13(14-2)16-11-8-9-17(10-11)12-6-4-5-7-12/h11-12H,3-10H2,1-2H3,(H2,14,15,16). The molecular weight excluding hydrogens is 212 g/mol. The van der Waals surface area contributed by atoms with Crippen molar-refractivity contribution >= 4 is 5.96 Å². The van der Waals surface area contributed by atoms with Gasteiger partial charge in [0.2, 0.25) is 0 Å². The Morgan fingerprint density at radius 2 is 2.06 bits per heavy atom. The second kappa shape index (κ2) is 6.24. The molecule has 98 valence electrons. The van der Waals surface area contributed by atoms with E-state index in [0.717, 1.165) is 18.5 Å². The van der Waals surface area contributed by atoms with Crippen molar-refractivity contribution in [2.45, 2.75) is 51.1 Å². The average Bonchev–Trinajstić information content (AvgIpc) is 2.98. The molecular formula is C13H26N4. The van der Waals surface area contributed by atoms with Gasteiger partial charge < -0.3 is 10.6 Å². The van der Waals surface area contributed by atoms with Gasteiger partial charge in [-0.1, -0.05) is 12.8 Å². The van der Waals surface area contributed by atoms with Crippen LogP contribution in [0, 0.1) is 0 Å². The van der Waals surface area contributed by atoms with Crippen LogP contribution in [0.3, 0.4) is 0 Å². The SMILES string of the molecule is CCNC(=NC)NC1CCN(C2CCCC2)C1. The molecule has 0 radical (unpaired) electrons. The average molecular weight is 238 g/mol. The van der Waals surface area contributed by atoms with Crippen LogP contribution in [0.1, 0.15) is 39.0 Å². The second-order valence-corrected chi connectivity index (χ2v) is 5.17. The van der Waals surface area contributed by atoms with Crippen LogP contribution in [-0.4, -0.2) is 49.6 Å². The Labute approximate surface area is 105 Å². The van der Waals surface area contributed by atoms with Crippen molar-refractivity contribution in [1.29, 1.82) is 0 Å². The van der Waals surface area contributed by atoms with Crippen LogP contribution in [0.4, 0.5) is 0 Å². The van der Waals surface area contributed by atoms with Gasteiger partial charge in [0.05, 0.1) is 0 Å². The highest BCUT2D eigenvalue weighted by molar-refractivity contribution is 5.79. The normalized spacial score (nSPS) is 27.6. The predicted octanol–water partition coefficient (Wildman–Crippen LogP) is 1.19. The van der Waals surface area contributed by atoms with Crippen molar-refractivity contribution < 1.29 is 0 Å². The van der Waals surface area contributed by atoms with Gasteiger partial charge >= 0.3 is 0 Å². The molecule has 0 amide bonds. The quantitative estimate of drug-likeness (QED) is 0.573. The molecule has 0 aromatic carbocycles. The summed E-state index contributed by atoms with van der Waals surface area (Å²) in [5, 5.41) is 6.78. The summed E-state index contributed by atoms with van der Waals surface area (Å²) in [7, 11) is 1.84. The second-order valence-electron chi connectivity index (χ2n) is 5.17. The summed E-state index contributed by atoms with van der Waals surface area (Å²) in [4.78, 5) is 6.91. The van der Waals surface area contributed by atoms with Crippen LogP contribution in [-0.2, 0) is 0 Å². The van der Waals surface area contributed by atoms with Gasteiger partial charge in [0, 0.05) is 38.8 Å². The minimum absolute atomic E-state index is 0.577. The molecule has 4 heteroatoms. The number of hydrogen-bond acceptors (Lipinski definition) is 2. The zero-order valence-electron chi connectivity index (χ0n) is 11.2. The summed E-state index contributed by atoms with van der Waals surface area (Å²) in [6, 6.07) is 1.44. The lowest BCUT2D eigenvalue weighted by Gasteiger charge is -2.24. The molecule has 0 aromatic rings. The summed E-state index contributed by atoms with van der Waals surface area (Å²) < 4.78 is 0. The number of aliphatic imine (C=N–C) groups is 1. The van der Waals surface area contributed by atoms with Crippen LogP contribution in [0.15, 0.2) is 4.99 Å². The summed E-state index contributed by atoms with van der Waals surface area (Å²) in [6.45, 7) is 5.48. The summed E-state index contributed by atoms with van der Waals surface area (Å²) in [6.07, 6.45) is 6.93. The number of nitrogens with zero attached hydrogens (tertiary/aromatic N) is 2. The number of rotatable bonds is 3. The van der Waals surface area contributed by atoms with Crippen molar-refractivity contribution in [1.82, 2.24) is 15.5 Å². The smallest absolute Gasteiger partial charge is 0.191 e. The highest BCUT2D eigenvalue weighted by Crippen LogP contribution is 2.26. The zero-order chi connectivity index (χ0) is 12.1.